The van der Waals surface area contributed by atoms with Crippen molar-refractivity contribution in [2.24, 2.45) is 11.8 Å². The molecule has 2 amide bonds. The van der Waals surface area contributed by atoms with Crippen molar-refractivity contribution in [2.75, 3.05) is 11.9 Å². The van der Waals surface area contributed by atoms with E-state index in [2.05, 4.69) is 5.32 Å². The molecule has 11 heteroatoms. The van der Waals surface area contributed by atoms with Gasteiger partial charge in [0, 0.05) is 0 Å². The minimum Gasteiger partial charge on any atom is -0.466 e. The molecular weight excluding hydrogens is 484 g/mol. The third-order valence-electron chi connectivity index (χ3n) is 5.30. The number of halogens is 4. The van der Waals surface area contributed by atoms with Crippen molar-refractivity contribution in [3.8, 4) is 0 Å². The summed E-state index contributed by atoms with van der Waals surface area (Å²) in [7, 11) is 0. The highest BCUT2D eigenvalue weighted by molar-refractivity contribution is 5.97. The molecule has 2 N–H and O–H groups in total. The van der Waals surface area contributed by atoms with Gasteiger partial charge < -0.3 is 20.1 Å². The Balaban J connectivity index is 2.16. The van der Waals surface area contributed by atoms with E-state index in [1.54, 1.807) is 44.2 Å². The number of amides is 2. The molecule has 0 radical (unpaired) electrons. The molecule has 0 bridgehead atoms. The number of hydrogen-bond donors (Lipinski definition) is 2. The van der Waals surface area contributed by atoms with Crippen LogP contribution in [0.4, 0.5) is 28.0 Å². The van der Waals surface area contributed by atoms with Crippen LogP contribution in [0, 0.1) is 17.7 Å². The molecule has 7 nitrogen and oxygen atoms in total. The van der Waals surface area contributed by atoms with Gasteiger partial charge in [0.1, 0.15) is 18.5 Å². The summed E-state index contributed by atoms with van der Waals surface area (Å²) in [6.07, 6.45) is -5.94. The van der Waals surface area contributed by atoms with Crippen LogP contribution < -0.4 is 10.6 Å². The summed E-state index contributed by atoms with van der Waals surface area (Å²) in [6.45, 7) is 3.94. The van der Waals surface area contributed by atoms with Gasteiger partial charge in [-0.15, -0.1) is 0 Å². The zero-order valence-electron chi connectivity index (χ0n) is 20.0. The largest absolute Gasteiger partial charge is 0.466 e. The zero-order chi connectivity index (χ0) is 26.9. The number of rotatable bonds is 10. The lowest BCUT2D eigenvalue weighted by molar-refractivity contribution is -0.178. The van der Waals surface area contributed by atoms with E-state index in [1.807, 2.05) is 5.32 Å². The summed E-state index contributed by atoms with van der Waals surface area (Å²) < 4.78 is 64.5. The number of esters is 1. The Kier molecular flexibility index (Phi) is 10.2. The van der Waals surface area contributed by atoms with Gasteiger partial charge in [-0.05, 0) is 36.6 Å². The maximum Gasteiger partial charge on any atom is 0.408 e. The minimum absolute atomic E-state index is 0.147. The van der Waals surface area contributed by atoms with Gasteiger partial charge in [0.15, 0.2) is 0 Å². The fourth-order valence-corrected chi connectivity index (χ4v) is 3.23. The van der Waals surface area contributed by atoms with Gasteiger partial charge in [0.2, 0.25) is 5.91 Å². The maximum atomic E-state index is 14.4. The SMILES string of the molecule is CCOC(=O)[C@@H](C)Cc1ccc(F)c(NC(=O)C(NC(=O)OCc2ccccc2)[C@@H](C)C(F)(F)F)c1. The van der Waals surface area contributed by atoms with Crippen LogP contribution in [0.3, 0.4) is 0 Å². The molecule has 0 saturated heterocycles. The molecule has 1 unspecified atom stereocenters. The van der Waals surface area contributed by atoms with Crippen molar-refractivity contribution in [2.45, 2.75) is 46.0 Å². The number of hydrogen-bond acceptors (Lipinski definition) is 5. The predicted molar refractivity (Wildman–Crippen MR) is 123 cm³/mol. The fraction of sp³-hybridized carbons (Fsp3) is 0.400. The van der Waals surface area contributed by atoms with Crippen LogP contribution in [0.2, 0.25) is 0 Å². The van der Waals surface area contributed by atoms with E-state index in [1.165, 1.54) is 12.1 Å². The first kappa shape index (κ1) is 28.6. The average molecular weight is 513 g/mol. The molecular formula is C25H28F4N2O5. The Morgan fingerprint density at radius 3 is 2.25 bits per heavy atom. The van der Waals surface area contributed by atoms with Gasteiger partial charge in [0.05, 0.1) is 24.1 Å². The van der Waals surface area contributed by atoms with E-state index >= 15 is 0 Å². The van der Waals surface area contributed by atoms with Crippen molar-refractivity contribution < 1.29 is 41.4 Å². The number of benzene rings is 2. The van der Waals surface area contributed by atoms with Crippen LogP contribution in [-0.4, -0.2) is 36.8 Å². The van der Waals surface area contributed by atoms with E-state index in [9.17, 15) is 31.9 Å². The first-order valence-electron chi connectivity index (χ1n) is 11.2. The highest BCUT2D eigenvalue weighted by Crippen LogP contribution is 2.29. The van der Waals surface area contributed by atoms with Crippen LogP contribution in [0.5, 0.6) is 0 Å². The van der Waals surface area contributed by atoms with Gasteiger partial charge in [-0.3, -0.25) is 9.59 Å². The van der Waals surface area contributed by atoms with Crippen molar-refractivity contribution in [1.29, 1.82) is 0 Å². The molecule has 196 valence electrons. The molecule has 0 aromatic heterocycles. The highest BCUT2D eigenvalue weighted by Gasteiger charge is 2.45. The molecule has 0 aliphatic rings. The van der Waals surface area contributed by atoms with Crippen LogP contribution in [0.1, 0.15) is 31.9 Å². The molecule has 0 fully saturated rings. The summed E-state index contributed by atoms with van der Waals surface area (Å²) in [4.78, 5) is 36.8. The lowest BCUT2D eigenvalue weighted by Gasteiger charge is -2.26. The van der Waals surface area contributed by atoms with E-state index in [-0.39, 0.29) is 19.6 Å². The van der Waals surface area contributed by atoms with Gasteiger partial charge in [0.25, 0.3) is 0 Å². The van der Waals surface area contributed by atoms with Gasteiger partial charge in [-0.2, -0.15) is 13.2 Å². The second-order valence-corrected chi connectivity index (χ2v) is 8.17. The Morgan fingerprint density at radius 2 is 1.64 bits per heavy atom. The van der Waals surface area contributed by atoms with Crippen molar-refractivity contribution >= 4 is 23.7 Å². The lowest BCUT2D eigenvalue weighted by atomic mass is 9.99. The average Bonchev–Trinajstić information content (AvgIpc) is 2.83. The molecule has 36 heavy (non-hydrogen) atoms. The fourth-order valence-electron chi connectivity index (χ4n) is 3.23. The maximum absolute atomic E-state index is 14.4. The third kappa shape index (κ3) is 8.54. The Bertz CT molecular complexity index is 1050. The van der Waals surface area contributed by atoms with Crippen LogP contribution >= 0.6 is 0 Å². The molecule has 2 aromatic rings. The normalized spacial score (nSPS) is 13.8. The quantitative estimate of drug-likeness (QED) is 0.345. The number of carbonyl (C=O) groups excluding carboxylic acids is 3. The minimum atomic E-state index is -4.84. The van der Waals surface area contributed by atoms with Crippen LogP contribution in [-0.2, 0) is 32.1 Å². The molecule has 0 aliphatic heterocycles. The van der Waals surface area contributed by atoms with Gasteiger partial charge in [-0.25, -0.2) is 9.18 Å². The highest BCUT2D eigenvalue weighted by atomic mass is 19.4. The smallest absolute Gasteiger partial charge is 0.408 e. The standard InChI is InChI=1S/C25H28F4N2O5/c1-4-35-23(33)15(2)12-18-10-11-19(26)20(13-18)30-22(32)21(16(3)25(27,28)29)31-24(34)36-14-17-8-6-5-7-9-17/h5-11,13,15-16,21H,4,12,14H2,1-3H3,(H,30,32)(H,31,34)/t15-,16+,21?/m0/s1. The first-order valence-corrected chi connectivity index (χ1v) is 11.2. The van der Waals surface area contributed by atoms with E-state index in [4.69, 9.17) is 9.47 Å². The molecule has 2 aromatic carbocycles. The molecule has 2 rings (SSSR count). The molecule has 0 heterocycles. The molecule has 0 aliphatic carbocycles. The lowest BCUT2D eigenvalue weighted by Crippen LogP contribution is -2.52. The summed E-state index contributed by atoms with van der Waals surface area (Å²) in [5.74, 6) is -5.54. The van der Waals surface area contributed by atoms with Crippen molar-refractivity contribution in [3.05, 3.63) is 65.5 Å². The second kappa shape index (κ2) is 12.9. The molecule has 0 saturated carbocycles. The zero-order valence-corrected chi connectivity index (χ0v) is 20.0. The summed E-state index contributed by atoms with van der Waals surface area (Å²) in [6, 6.07) is 9.93. The topological polar surface area (TPSA) is 93.7 Å². The number of carbonyl (C=O) groups is 3. The Labute approximate surface area is 206 Å². The Morgan fingerprint density at radius 1 is 0.972 bits per heavy atom. The third-order valence-corrected chi connectivity index (χ3v) is 5.30. The number of nitrogens with one attached hydrogen (secondary N) is 2. The first-order chi connectivity index (χ1) is 16.9. The van der Waals surface area contributed by atoms with Crippen LogP contribution in [0.25, 0.3) is 0 Å². The summed E-state index contributed by atoms with van der Waals surface area (Å²) in [5, 5.41) is 4.04. The number of ether oxygens (including phenoxy) is 2. The van der Waals surface area contributed by atoms with E-state index in [0.717, 1.165) is 13.0 Å². The summed E-state index contributed by atoms with van der Waals surface area (Å²) >= 11 is 0. The summed E-state index contributed by atoms with van der Waals surface area (Å²) in [5.41, 5.74) is 0.642. The Hall–Kier alpha value is -3.63. The monoisotopic (exact) mass is 512 g/mol. The molecule has 0 spiro atoms. The second-order valence-electron chi connectivity index (χ2n) is 8.17. The van der Waals surface area contributed by atoms with E-state index < -0.39 is 53.5 Å². The van der Waals surface area contributed by atoms with Crippen LogP contribution in [0.15, 0.2) is 48.5 Å². The number of alkyl halides is 3. The number of alkyl carbamates (subject to hydrolysis) is 1. The van der Waals surface area contributed by atoms with Gasteiger partial charge in [-0.1, -0.05) is 50.2 Å². The van der Waals surface area contributed by atoms with Crippen molar-refractivity contribution in [3.63, 3.8) is 0 Å². The van der Waals surface area contributed by atoms with E-state index in [0.29, 0.717) is 11.1 Å². The van der Waals surface area contributed by atoms with Crippen molar-refractivity contribution in [1.82, 2.24) is 5.32 Å². The molecule has 3 atom stereocenters. The van der Waals surface area contributed by atoms with Gasteiger partial charge >= 0.3 is 18.2 Å². The predicted octanol–water partition coefficient (Wildman–Crippen LogP) is 5.00. The number of anilines is 1.